The summed E-state index contributed by atoms with van der Waals surface area (Å²) in [5.74, 6) is 0.202. The molecule has 0 saturated carbocycles. The summed E-state index contributed by atoms with van der Waals surface area (Å²) in [6.07, 6.45) is 4.93. The molecule has 0 fully saturated rings. The smallest absolute Gasteiger partial charge is 0.250 e. The van der Waals surface area contributed by atoms with Crippen LogP contribution in [0.5, 0.6) is 0 Å². The Bertz CT molecular complexity index is 1580. The van der Waals surface area contributed by atoms with E-state index in [-0.39, 0.29) is 5.91 Å². The van der Waals surface area contributed by atoms with Gasteiger partial charge in [0, 0.05) is 41.2 Å². The highest BCUT2D eigenvalue weighted by atomic mass is 32.2. The van der Waals surface area contributed by atoms with Crippen LogP contribution in [0.2, 0.25) is 0 Å². The zero-order valence-corrected chi connectivity index (χ0v) is 20.6. The molecule has 0 bridgehead atoms. The van der Waals surface area contributed by atoms with Crippen LogP contribution in [0, 0.1) is 0 Å². The summed E-state index contributed by atoms with van der Waals surface area (Å²) >= 11 is 1.49. The van der Waals surface area contributed by atoms with E-state index in [2.05, 4.69) is 44.0 Å². The van der Waals surface area contributed by atoms with Gasteiger partial charge in [-0.15, -0.1) is 0 Å². The minimum Gasteiger partial charge on any atom is -0.383 e. The molecule has 0 atom stereocenters. The number of hydrogen-bond acceptors (Lipinski definition) is 7. The number of carbonyl (C=O) groups excluding carboxylic acids is 1. The number of hydrogen-bond donors (Lipinski definition) is 2. The van der Waals surface area contributed by atoms with Gasteiger partial charge in [-0.25, -0.2) is 19.9 Å². The lowest BCUT2D eigenvalue weighted by Gasteiger charge is -2.11. The molecule has 5 aromatic rings. The average molecular weight is 494 g/mol. The van der Waals surface area contributed by atoms with Gasteiger partial charge in [0.1, 0.15) is 17.8 Å². The van der Waals surface area contributed by atoms with E-state index in [0.717, 1.165) is 38.3 Å². The van der Waals surface area contributed by atoms with Gasteiger partial charge in [-0.2, -0.15) is 0 Å². The molecule has 3 N–H and O–H groups in total. The molecule has 0 aliphatic heterocycles. The highest BCUT2D eigenvalue weighted by Gasteiger charge is 2.22. The third kappa shape index (κ3) is 4.44. The molecule has 0 radical (unpaired) electrons. The quantitative estimate of drug-likeness (QED) is 0.243. The van der Waals surface area contributed by atoms with E-state index >= 15 is 0 Å². The van der Waals surface area contributed by atoms with Crippen molar-refractivity contribution in [2.45, 2.75) is 17.0 Å². The second-order valence-corrected chi connectivity index (χ2v) is 9.25. The Morgan fingerprint density at radius 2 is 1.64 bits per heavy atom. The Morgan fingerprint density at radius 1 is 0.972 bits per heavy atom. The van der Waals surface area contributed by atoms with Crippen molar-refractivity contribution in [2.75, 3.05) is 11.1 Å². The highest BCUT2D eigenvalue weighted by molar-refractivity contribution is 7.99. The van der Waals surface area contributed by atoms with Gasteiger partial charge in [-0.1, -0.05) is 30.8 Å². The molecular weight excluding hydrogens is 470 g/mol. The number of aryl methyl sites for hydroxylation is 1. The number of rotatable bonds is 6. The second-order valence-electron chi connectivity index (χ2n) is 8.21. The molecule has 5 rings (SSSR count). The summed E-state index contributed by atoms with van der Waals surface area (Å²) in [6.45, 7) is 5.36. The van der Waals surface area contributed by atoms with E-state index in [1.165, 1.54) is 18.1 Å². The number of carbonyl (C=O) groups is 1. The normalized spacial score (nSPS) is 10.9. The van der Waals surface area contributed by atoms with Crippen molar-refractivity contribution >= 4 is 40.2 Å². The number of anilines is 2. The maximum atomic E-state index is 12.0. The molecule has 8 nitrogen and oxygen atoms in total. The van der Waals surface area contributed by atoms with Crippen LogP contribution >= 0.6 is 11.8 Å². The first-order chi connectivity index (χ1) is 17.4. The predicted molar refractivity (Wildman–Crippen MR) is 143 cm³/mol. The lowest BCUT2D eigenvalue weighted by Crippen LogP contribution is -2.11. The van der Waals surface area contributed by atoms with Crippen LogP contribution in [0.3, 0.4) is 0 Å². The minimum atomic E-state index is -0.213. The van der Waals surface area contributed by atoms with E-state index < -0.39 is 0 Å². The van der Waals surface area contributed by atoms with Crippen LogP contribution in [0.25, 0.3) is 33.4 Å². The van der Waals surface area contributed by atoms with Gasteiger partial charge in [0.15, 0.2) is 5.16 Å². The van der Waals surface area contributed by atoms with E-state index in [9.17, 15) is 4.79 Å². The monoisotopic (exact) mass is 493 g/mol. The summed E-state index contributed by atoms with van der Waals surface area (Å²) in [7, 11) is 1.96. The van der Waals surface area contributed by atoms with Crippen LogP contribution in [0.4, 0.5) is 11.5 Å². The maximum Gasteiger partial charge on any atom is 0.250 e. The van der Waals surface area contributed by atoms with Crippen LogP contribution in [0.15, 0.2) is 95.5 Å². The van der Waals surface area contributed by atoms with E-state index in [4.69, 9.17) is 5.73 Å². The summed E-state index contributed by atoms with van der Waals surface area (Å²) in [5, 5.41) is 4.32. The van der Waals surface area contributed by atoms with Crippen LogP contribution < -0.4 is 11.1 Å². The Morgan fingerprint density at radius 3 is 2.31 bits per heavy atom. The van der Waals surface area contributed by atoms with Crippen molar-refractivity contribution in [3.8, 4) is 22.4 Å². The Kier molecular flexibility index (Phi) is 6.22. The molecule has 3 aromatic heterocycles. The second kappa shape index (κ2) is 9.63. The number of nitrogen functional groups attached to an aromatic ring is 1. The fourth-order valence-electron chi connectivity index (χ4n) is 3.98. The largest absolute Gasteiger partial charge is 0.383 e. The van der Waals surface area contributed by atoms with Gasteiger partial charge in [0.05, 0.1) is 11.1 Å². The number of benzene rings is 2. The summed E-state index contributed by atoms with van der Waals surface area (Å²) in [6, 6.07) is 17.6. The molecule has 0 aliphatic rings. The SMILES string of the molecule is C=C(C)C(=O)Nc1ccc(-c2c(-c3ccc(Sc4ncccn4)cc3)c3c(N)ncnc3n2C)cc1. The van der Waals surface area contributed by atoms with Crippen LogP contribution in [-0.4, -0.2) is 30.4 Å². The van der Waals surface area contributed by atoms with E-state index in [1.807, 2.05) is 48.0 Å². The molecule has 0 aliphatic carbocycles. The standard InChI is InChI=1S/C27H23N7OS/c1-16(2)26(35)33-19-9-5-18(6-10-19)23-21(22-24(28)31-15-32-25(22)34(23)3)17-7-11-20(12-8-17)36-27-29-13-4-14-30-27/h4-15H,1H2,2-3H3,(H,33,35)(H2,28,31,32). The minimum absolute atomic E-state index is 0.213. The zero-order chi connectivity index (χ0) is 25.2. The third-order valence-corrected chi connectivity index (χ3v) is 6.60. The molecule has 178 valence electrons. The van der Waals surface area contributed by atoms with Gasteiger partial charge >= 0.3 is 0 Å². The van der Waals surface area contributed by atoms with Gasteiger partial charge < -0.3 is 15.6 Å². The Hall–Kier alpha value is -4.50. The zero-order valence-electron chi connectivity index (χ0n) is 19.8. The molecule has 36 heavy (non-hydrogen) atoms. The number of fused-ring (bicyclic) bond motifs is 1. The van der Waals surface area contributed by atoms with Crippen LogP contribution in [-0.2, 0) is 11.8 Å². The van der Waals surface area contributed by atoms with Crippen molar-refractivity contribution in [1.29, 1.82) is 0 Å². The molecule has 3 heterocycles. The first-order valence-corrected chi connectivity index (χ1v) is 12.0. The van der Waals surface area contributed by atoms with Gasteiger partial charge in [0.2, 0.25) is 0 Å². The number of nitrogens with zero attached hydrogens (tertiary/aromatic N) is 5. The number of amides is 1. The summed E-state index contributed by atoms with van der Waals surface area (Å²) in [4.78, 5) is 30.4. The maximum absolute atomic E-state index is 12.0. The van der Waals surface area contributed by atoms with E-state index in [1.54, 1.807) is 25.4 Å². The van der Waals surface area contributed by atoms with Gasteiger partial charge in [-0.3, -0.25) is 4.79 Å². The first-order valence-electron chi connectivity index (χ1n) is 11.1. The van der Waals surface area contributed by atoms with E-state index in [0.29, 0.717) is 22.2 Å². The fourth-order valence-corrected chi connectivity index (χ4v) is 4.69. The van der Waals surface area contributed by atoms with Gasteiger partial charge in [0.25, 0.3) is 5.91 Å². The molecular formula is C27H23N7OS. The molecule has 0 unspecified atom stereocenters. The van der Waals surface area contributed by atoms with Gasteiger partial charge in [-0.05, 0) is 60.1 Å². The van der Waals surface area contributed by atoms with Crippen molar-refractivity contribution in [2.24, 2.45) is 7.05 Å². The molecule has 0 spiro atoms. The number of aromatic nitrogens is 5. The Labute approximate surface area is 212 Å². The lowest BCUT2D eigenvalue weighted by molar-refractivity contribution is -0.112. The summed E-state index contributed by atoms with van der Waals surface area (Å²) in [5.41, 5.74) is 12.1. The molecule has 0 saturated heterocycles. The molecule has 1 amide bonds. The number of nitrogens with two attached hydrogens (primary N) is 1. The highest BCUT2D eigenvalue weighted by Crippen LogP contribution is 2.42. The van der Waals surface area contributed by atoms with Crippen molar-refractivity contribution in [3.05, 3.63) is 85.5 Å². The molecule has 2 aromatic carbocycles. The van der Waals surface area contributed by atoms with Crippen molar-refractivity contribution < 1.29 is 4.79 Å². The summed E-state index contributed by atoms with van der Waals surface area (Å²) < 4.78 is 2.02. The number of nitrogens with one attached hydrogen (secondary N) is 1. The predicted octanol–water partition coefficient (Wildman–Crippen LogP) is 5.34. The van der Waals surface area contributed by atoms with Crippen LogP contribution in [0.1, 0.15) is 6.92 Å². The average Bonchev–Trinajstić information content (AvgIpc) is 3.19. The Balaban J connectivity index is 1.59. The molecule has 9 heteroatoms. The topological polar surface area (TPSA) is 112 Å². The lowest BCUT2D eigenvalue weighted by atomic mass is 9.98. The fraction of sp³-hybridized carbons (Fsp3) is 0.0741. The van der Waals surface area contributed by atoms with Crippen molar-refractivity contribution in [1.82, 2.24) is 24.5 Å². The first kappa shape index (κ1) is 23.3. The third-order valence-electron chi connectivity index (χ3n) is 5.69. The van der Waals surface area contributed by atoms with Crippen molar-refractivity contribution in [3.63, 3.8) is 0 Å².